The van der Waals surface area contributed by atoms with E-state index in [2.05, 4.69) is 28.9 Å². The van der Waals surface area contributed by atoms with E-state index in [0.717, 1.165) is 5.56 Å². The number of aromatic nitrogens is 3. The van der Waals surface area contributed by atoms with Crippen LogP contribution in [0, 0.1) is 0 Å². The van der Waals surface area contributed by atoms with Crippen LogP contribution in [0.25, 0.3) is 0 Å². The summed E-state index contributed by atoms with van der Waals surface area (Å²) in [6.07, 6.45) is 1.20. The maximum atomic E-state index is 12.1. The fourth-order valence-corrected chi connectivity index (χ4v) is 3.16. The van der Waals surface area contributed by atoms with Crippen LogP contribution >= 0.6 is 12.4 Å². The Morgan fingerprint density at radius 1 is 1.22 bits per heavy atom. The Labute approximate surface area is 142 Å². The summed E-state index contributed by atoms with van der Waals surface area (Å²) >= 11 is 0. The number of hydrogen-bond acceptors (Lipinski definition) is 5. The first-order valence-electron chi connectivity index (χ1n) is 7.01. The van der Waals surface area contributed by atoms with Crippen molar-refractivity contribution < 1.29 is 8.42 Å². The van der Waals surface area contributed by atoms with Gasteiger partial charge in [0.2, 0.25) is 0 Å². The first kappa shape index (κ1) is 19.6. The summed E-state index contributed by atoms with van der Waals surface area (Å²) in [7, 11) is -2.14. The van der Waals surface area contributed by atoms with Crippen molar-refractivity contribution in [3.05, 3.63) is 41.6 Å². The third-order valence-electron chi connectivity index (χ3n) is 3.47. The molecule has 0 bridgehead atoms. The van der Waals surface area contributed by atoms with Gasteiger partial charge < -0.3 is 5.73 Å². The Morgan fingerprint density at radius 2 is 1.78 bits per heavy atom. The molecule has 3 N–H and O–H groups in total. The summed E-state index contributed by atoms with van der Waals surface area (Å²) in [5.41, 5.74) is 8.16. The van der Waals surface area contributed by atoms with Crippen molar-refractivity contribution in [2.75, 3.05) is 6.54 Å². The number of nitrogens with one attached hydrogen (secondary N) is 1. The van der Waals surface area contributed by atoms with Gasteiger partial charge in [-0.1, -0.05) is 43.3 Å². The quantitative estimate of drug-likeness (QED) is 0.810. The van der Waals surface area contributed by atoms with Crippen LogP contribution in [0.3, 0.4) is 0 Å². The third-order valence-corrected chi connectivity index (χ3v) is 4.94. The molecule has 1 heterocycles. The molecule has 2 rings (SSSR count). The van der Waals surface area contributed by atoms with Gasteiger partial charge in [0, 0.05) is 19.6 Å². The van der Waals surface area contributed by atoms with Crippen LogP contribution in [-0.4, -0.2) is 30.0 Å². The summed E-state index contributed by atoms with van der Waals surface area (Å²) in [5.74, 6) is 0.445. The van der Waals surface area contributed by atoms with Gasteiger partial charge >= 0.3 is 0 Å². The fraction of sp³-hybridized carbons (Fsp3) is 0.429. The van der Waals surface area contributed by atoms with Gasteiger partial charge in [0.1, 0.15) is 0 Å². The topological polar surface area (TPSA) is 103 Å². The molecule has 0 fully saturated rings. The van der Waals surface area contributed by atoms with E-state index in [1.54, 1.807) is 0 Å². The average molecular weight is 360 g/mol. The van der Waals surface area contributed by atoms with Crippen LogP contribution in [-0.2, 0) is 17.1 Å². The second kappa shape index (κ2) is 7.87. The van der Waals surface area contributed by atoms with Crippen LogP contribution < -0.4 is 10.5 Å². The molecule has 0 saturated carbocycles. The van der Waals surface area contributed by atoms with Crippen molar-refractivity contribution >= 4 is 22.4 Å². The molecule has 0 amide bonds. The number of nitrogens with two attached hydrogens (primary N) is 1. The minimum absolute atomic E-state index is 0. The Bertz CT molecular complexity index is 728. The number of nitrogens with zero attached hydrogens (tertiary/aromatic N) is 3. The number of hydrogen-bond donors (Lipinski definition) is 2. The molecule has 0 saturated heterocycles. The number of rotatable bonds is 6. The number of sulfonamides is 1. The van der Waals surface area contributed by atoms with Crippen molar-refractivity contribution in [3.63, 3.8) is 0 Å². The number of aryl methyl sites for hydroxylation is 1. The van der Waals surface area contributed by atoms with E-state index >= 15 is 0 Å². The van der Waals surface area contributed by atoms with Gasteiger partial charge in [-0.3, -0.25) is 0 Å². The summed E-state index contributed by atoms with van der Waals surface area (Å²) in [5, 5.41) is 7.18. The van der Waals surface area contributed by atoms with Crippen LogP contribution in [0.15, 0.2) is 35.5 Å². The van der Waals surface area contributed by atoms with Gasteiger partial charge in [0.25, 0.3) is 10.0 Å². The molecule has 2 aromatic rings. The third kappa shape index (κ3) is 4.74. The van der Waals surface area contributed by atoms with E-state index in [1.165, 1.54) is 23.5 Å². The average Bonchev–Trinajstić information content (AvgIpc) is 2.92. The molecule has 1 aromatic carbocycles. The Kier molecular flexibility index (Phi) is 6.69. The monoisotopic (exact) mass is 359 g/mol. The van der Waals surface area contributed by atoms with Crippen molar-refractivity contribution in [1.82, 2.24) is 19.7 Å². The molecule has 1 atom stereocenters. The summed E-state index contributed by atoms with van der Waals surface area (Å²) in [6, 6.07) is 7.47. The molecule has 9 heteroatoms. The number of halogens is 1. The molecule has 0 aliphatic heterocycles. The summed E-state index contributed by atoms with van der Waals surface area (Å²) < 4.78 is 27.9. The van der Waals surface area contributed by atoms with Gasteiger partial charge in [-0.15, -0.1) is 17.5 Å². The van der Waals surface area contributed by atoms with Gasteiger partial charge in [-0.05, 0) is 17.0 Å². The highest BCUT2D eigenvalue weighted by molar-refractivity contribution is 7.89. The smallest absolute Gasteiger partial charge is 0.259 e. The molecular formula is C14H22ClN5O2S. The van der Waals surface area contributed by atoms with E-state index in [4.69, 9.17) is 5.73 Å². The predicted molar refractivity (Wildman–Crippen MR) is 90.9 cm³/mol. The molecule has 128 valence electrons. The highest BCUT2D eigenvalue weighted by Gasteiger charge is 2.20. The van der Waals surface area contributed by atoms with E-state index in [-0.39, 0.29) is 24.0 Å². The predicted octanol–water partition coefficient (Wildman–Crippen LogP) is 1.34. The lowest BCUT2D eigenvalue weighted by Crippen LogP contribution is -2.33. The largest absolute Gasteiger partial charge is 0.323 e. The lowest BCUT2D eigenvalue weighted by molar-refractivity contribution is 0.553. The lowest BCUT2D eigenvalue weighted by Gasteiger charge is -2.14. The molecule has 1 aromatic heterocycles. The van der Waals surface area contributed by atoms with Crippen molar-refractivity contribution in [1.29, 1.82) is 0 Å². The van der Waals surface area contributed by atoms with E-state index in [9.17, 15) is 8.42 Å². The van der Waals surface area contributed by atoms with Crippen LogP contribution in [0.2, 0.25) is 0 Å². The Balaban J connectivity index is 0.00000264. The van der Waals surface area contributed by atoms with E-state index in [0.29, 0.717) is 5.92 Å². The molecule has 23 heavy (non-hydrogen) atoms. The zero-order valence-electron chi connectivity index (χ0n) is 13.3. The highest BCUT2D eigenvalue weighted by atomic mass is 35.5. The van der Waals surface area contributed by atoms with Gasteiger partial charge in [-0.25, -0.2) is 17.8 Å². The Hall–Kier alpha value is -1.48. The molecular weight excluding hydrogens is 338 g/mol. The molecule has 0 aliphatic rings. The molecule has 0 radical (unpaired) electrons. The van der Waals surface area contributed by atoms with Crippen molar-refractivity contribution in [2.45, 2.75) is 30.8 Å². The molecule has 1 unspecified atom stereocenters. The normalized spacial score (nSPS) is 12.9. The fourth-order valence-electron chi connectivity index (χ4n) is 2.04. The Morgan fingerprint density at radius 3 is 2.26 bits per heavy atom. The van der Waals surface area contributed by atoms with Crippen LogP contribution in [0.5, 0.6) is 0 Å². The molecule has 0 aliphatic carbocycles. The zero-order valence-corrected chi connectivity index (χ0v) is 14.9. The van der Waals surface area contributed by atoms with Crippen molar-refractivity contribution in [3.8, 4) is 0 Å². The standard InChI is InChI=1S/C14H21N5O2S.ClH/c1-10(2)11-4-6-12(7-5-11)13(15)8-17-22(20,21)14-9-16-18-19(14)3;/h4-7,9-10,13,17H,8,15H2,1-3H3;1H. The summed E-state index contributed by atoms with van der Waals surface area (Å²) in [6.45, 7) is 4.34. The van der Waals surface area contributed by atoms with Crippen LogP contribution in [0.4, 0.5) is 0 Å². The van der Waals surface area contributed by atoms with Gasteiger partial charge in [0.05, 0.1) is 6.20 Å². The lowest BCUT2D eigenvalue weighted by atomic mass is 9.99. The number of benzene rings is 1. The minimum Gasteiger partial charge on any atom is -0.323 e. The van der Waals surface area contributed by atoms with Gasteiger partial charge in [-0.2, -0.15) is 0 Å². The minimum atomic E-state index is -3.66. The second-order valence-corrected chi connectivity index (χ2v) is 7.19. The SMILES string of the molecule is CC(C)c1ccc(C(N)CNS(=O)(=O)c2cnnn2C)cc1.Cl. The first-order chi connectivity index (χ1) is 10.3. The highest BCUT2D eigenvalue weighted by Crippen LogP contribution is 2.17. The maximum Gasteiger partial charge on any atom is 0.259 e. The van der Waals surface area contributed by atoms with Crippen LogP contribution in [0.1, 0.15) is 36.9 Å². The van der Waals surface area contributed by atoms with E-state index < -0.39 is 16.1 Å². The maximum absolute atomic E-state index is 12.1. The zero-order chi connectivity index (χ0) is 16.3. The molecule has 7 nitrogen and oxygen atoms in total. The van der Waals surface area contributed by atoms with Crippen molar-refractivity contribution in [2.24, 2.45) is 12.8 Å². The van der Waals surface area contributed by atoms with Gasteiger partial charge in [0.15, 0.2) is 5.03 Å². The second-order valence-electron chi connectivity index (χ2n) is 5.48. The summed E-state index contributed by atoms with van der Waals surface area (Å²) in [4.78, 5) is 0. The molecule has 0 spiro atoms. The first-order valence-corrected chi connectivity index (χ1v) is 8.49. The van der Waals surface area contributed by atoms with E-state index in [1.807, 2.05) is 24.3 Å².